The minimum atomic E-state index is -0.312. The number of phenols is 1. The first-order chi connectivity index (χ1) is 9.85. The van der Waals surface area contributed by atoms with Gasteiger partial charge < -0.3 is 9.84 Å². The summed E-state index contributed by atoms with van der Waals surface area (Å²) in [5.74, 6) is 0.0738. The van der Waals surface area contributed by atoms with Gasteiger partial charge in [0.15, 0.2) is 5.78 Å². The van der Waals surface area contributed by atoms with E-state index in [2.05, 4.69) is 0 Å². The minimum absolute atomic E-state index is 0.0436. The van der Waals surface area contributed by atoms with Crippen molar-refractivity contribution < 1.29 is 19.4 Å². The maximum atomic E-state index is 12.5. The van der Waals surface area contributed by atoms with Crippen molar-refractivity contribution in [1.82, 2.24) is 0 Å². The van der Waals surface area contributed by atoms with E-state index >= 15 is 0 Å². The molecule has 0 radical (unpaired) electrons. The van der Waals surface area contributed by atoms with E-state index in [-0.39, 0.29) is 35.3 Å². The Morgan fingerprint density at radius 3 is 2.71 bits per heavy atom. The van der Waals surface area contributed by atoms with Gasteiger partial charge in [-0.2, -0.15) is 0 Å². The average molecular weight is 286 g/mol. The zero-order valence-electron chi connectivity index (χ0n) is 12.2. The van der Waals surface area contributed by atoms with Gasteiger partial charge >= 0.3 is 5.97 Å². The Morgan fingerprint density at radius 2 is 2.00 bits per heavy atom. The average Bonchev–Trinajstić information content (AvgIpc) is 2.35. The Balaban J connectivity index is 2.08. The predicted molar refractivity (Wildman–Crippen MR) is 76.6 cm³/mol. The van der Waals surface area contributed by atoms with Crippen LogP contribution in [0.3, 0.4) is 0 Å². The SMILES string of the molecule is CC1(C)CC(=O)C2=C(C1)OC(=O)CC2c1cccc(O)c1. The van der Waals surface area contributed by atoms with Crippen LogP contribution in [0.5, 0.6) is 5.75 Å². The molecular formula is C17H18O4. The molecule has 110 valence electrons. The number of ketones is 1. The number of rotatable bonds is 1. The fourth-order valence-electron chi connectivity index (χ4n) is 3.23. The Labute approximate surface area is 123 Å². The molecule has 0 aromatic heterocycles. The smallest absolute Gasteiger partial charge is 0.311 e. The number of allylic oxidation sites excluding steroid dienone is 2. The second-order valence-corrected chi connectivity index (χ2v) is 6.60. The summed E-state index contributed by atoms with van der Waals surface area (Å²) < 4.78 is 5.34. The molecule has 1 N–H and O–H groups in total. The van der Waals surface area contributed by atoms with Gasteiger partial charge in [0.2, 0.25) is 0 Å². The van der Waals surface area contributed by atoms with E-state index in [1.54, 1.807) is 18.2 Å². The van der Waals surface area contributed by atoms with Gasteiger partial charge in [-0.05, 0) is 23.1 Å². The van der Waals surface area contributed by atoms with E-state index in [1.165, 1.54) is 0 Å². The highest BCUT2D eigenvalue weighted by Crippen LogP contribution is 2.46. The highest BCUT2D eigenvalue weighted by Gasteiger charge is 2.42. The summed E-state index contributed by atoms with van der Waals surface area (Å²) >= 11 is 0. The fourth-order valence-corrected chi connectivity index (χ4v) is 3.23. The van der Waals surface area contributed by atoms with Crippen LogP contribution >= 0.6 is 0 Å². The van der Waals surface area contributed by atoms with Crippen LogP contribution < -0.4 is 0 Å². The molecule has 1 atom stereocenters. The zero-order chi connectivity index (χ0) is 15.2. The van der Waals surface area contributed by atoms with E-state index in [0.29, 0.717) is 24.2 Å². The van der Waals surface area contributed by atoms with E-state index in [0.717, 1.165) is 5.56 Å². The molecule has 0 fully saturated rings. The summed E-state index contributed by atoms with van der Waals surface area (Å²) in [4.78, 5) is 24.4. The van der Waals surface area contributed by atoms with Gasteiger partial charge in [0.25, 0.3) is 0 Å². The summed E-state index contributed by atoms with van der Waals surface area (Å²) in [7, 11) is 0. The number of hydrogen-bond acceptors (Lipinski definition) is 4. The zero-order valence-corrected chi connectivity index (χ0v) is 12.2. The first-order valence-electron chi connectivity index (χ1n) is 7.11. The van der Waals surface area contributed by atoms with Crippen molar-refractivity contribution in [3.8, 4) is 5.75 Å². The van der Waals surface area contributed by atoms with Crippen molar-refractivity contribution in [2.24, 2.45) is 5.41 Å². The van der Waals surface area contributed by atoms with E-state index in [1.807, 2.05) is 19.9 Å². The highest BCUT2D eigenvalue weighted by atomic mass is 16.5. The maximum absolute atomic E-state index is 12.5. The molecule has 4 heteroatoms. The predicted octanol–water partition coefficient (Wildman–Crippen LogP) is 3.07. The quantitative estimate of drug-likeness (QED) is 0.806. The highest BCUT2D eigenvalue weighted by molar-refractivity contribution is 6.00. The van der Waals surface area contributed by atoms with Crippen LogP contribution in [0.1, 0.15) is 44.6 Å². The van der Waals surface area contributed by atoms with Crippen molar-refractivity contribution in [3.05, 3.63) is 41.2 Å². The summed E-state index contributed by atoms with van der Waals surface area (Å²) in [5, 5.41) is 9.64. The monoisotopic (exact) mass is 286 g/mol. The van der Waals surface area contributed by atoms with E-state index in [9.17, 15) is 14.7 Å². The third-order valence-corrected chi connectivity index (χ3v) is 4.11. The van der Waals surface area contributed by atoms with Crippen molar-refractivity contribution in [1.29, 1.82) is 0 Å². The largest absolute Gasteiger partial charge is 0.508 e. The second kappa shape index (κ2) is 4.72. The summed E-state index contributed by atoms with van der Waals surface area (Å²) in [6.45, 7) is 4.00. The van der Waals surface area contributed by atoms with Crippen LogP contribution in [0.15, 0.2) is 35.6 Å². The Hall–Kier alpha value is -2.10. The Bertz CT molecular complexity index is 655. The Morgan fingerprint density at radius 1 is 1.24 bits per heavy atom. The van der Waals surface area contributed by atoms with Crippen LogP contribution in [0.2, 0.25) is 0 Å². The third-order valence-electron chi connectivity index (χ3n) is 4.11. The van der Waals surface area contributed by atoms with Gasteiger partial charge in [-0.3, -0.25) is 9.59 Å². The first kappa shape index (κ1) is 13.9. The molecule has 1 aliphatic heterocycles. The van der Waals surface area contributed by atoms with E-state index in [4.69, 9.17) is 4.74 Å². The lowest BCUT2D eigenvalue weighted by molar-refractivity contribution is -0.142. The molecule has 21 heavy (non-hydrogen) atoms. The van der Waals surface area contributed by atoms with Crippen LogP contribution in [0.25, 0.3) is 0 Å². The number of carbonyl (C=O) groups is 2. The second-order valence-electron chi connectivity index (χ2n) is 6.60. The maximum Gasteiger partial charge on any atom is 0.311 e. The Kier molecular flexibility index (Phi) is 3.12. The van der Waals surface area contributed by atoms with Crippen LogP contribution in [0, 0.1) is 5.41 Å². The third kappa shape index (κ3) is 2.58. The molecule has 0 saturated carbocycles. The molecule has 1 aromatic rings. The van der Waals surface area contributed by atoms with Gasteiger partial charge in [-0.1, -0.05) is 26.0 Å². The summed E-state index contributed by atoms with van der Waals surface area (Å²) in [5.41, 5.74) is 1.21. The number of aromatic hydroxyl groups is 1. The van der Waals surface area contributed by atoms with Gasteiger partial charge in [-0.15, -0.1) is 0 Å². The lowest BCUT2D eigenvalue weighted by atomic mass is 9.71. The number of esters is 1. The van der Waals surface area contributed by atoms with Crippen molar-refractivity contribution in [2.75, 3.05) is 0 Å². The molecule has 1 aromatic carbocycles. The number of carbonyl (C=O) groups excluding carboxylic acids is 2. The number of Topliss-reactive ketones (excluding diaryl/α,β-unsaturated/α-hetero) is 1. The molecule has 0 amide bonds. The normalized spacial score (nSPS) is 24.6. The van der Waals surface area contributed by atoms with Crippen molar-refractivity contribution in [2.45, 2.75) is 39.0 Å². The van der Waals surface area contributed by atoms with Crippen molar-refractivity contribution >= 4 is 11.8 Å². The molecule has 0 saturated heterocycles. The molecule has 3 rings (SSSR count). The van der Waals surface area contributed by atoms with Crippen LogP contribution in [0.4, 0.5) is 0 Å². The standard InChI is InChI=1S/C17H18O4/c1-17(2)8-13(19)16-12(7-15(20)21-14(16)9-17)10-4-3-5-11(18)6-10/h3-6,12,18H,7-9H2,1-2H3. The molecule has 0 bridgehead atoms. The molecule has 1 unspecified atom stereocenters. The summed E-state index contributed by atoms with van der Waals surface area (Å²) in [6.07, 6.45) is 1.20. The summed E-state index contributed by atoms with van der Waals surface area (Å²) in [6, 6.07) is 6.75. The van der Waals surface area contributed by atoms with Crippen LogP contribution in [-0.4, -0.2) is 16.9 Å². The molecule has 0 spiro atoms. The van der Waals surface area contributed by atoms with Crippen molar-refractivity contribution in [3.63, 3.8) is 0 Å². The van der Waals surface area contributed by atoms with Gasteiger partial charge in [0, 0.05) is 24.3 Å². The van der Waals surface area contributed by atoms with Gasteiger partial charge in [-0.25, -0.2) is 0 Å². The molecule has 2 aliphatic rings. The topological polar surface area (TPSA) is 63.6 Å². The lowest BCUT2D eigenvalue weighted by Gasteiger charge is -2.36. The number of ether oxygens (including phenoxy) is 1. The molecule has 1 aliphatic carbocycles. The molecule has 1 heterocycles. The molecular weight excluding hydrogens is 268 g/mol. The number of benzene rings is 1. The number of phenolic OH excluding ortho intramolecular Hbond substituents is 1. The minimum Gasteiger partial charge on any atom is -0.508 e. The lowest BCUT2D eigenvalue weighted by Crippen LogP contribution is -2.33. The molecule has 4 nitrogen and oxygen atoms in total. The fraction of sp³-hybridized carbons (Fsp3) is 0.412. The van der Waals surface area contributed by atoms with Gasteiger partial charge in [0.05, 0.1) is 6.42 Å². The number of hydrogen-bond donors (Lipinski definition) is 1. The van der Waals surface area contributed by atoms with Crippen LogP contribution in [-0.2, 0) is 14.3 Å². The van der Waals surface area contributed by atoms with Gasteiger partial charge in [0.1, 0.15) is 11.5 Å². The van der Waals surface area contributed by atoms with E-state index < -0.39 is 0 Å². The first-order valence-corrected chi connectivity index (χ1v) is 7.11.